The molecule has 3 rings (SSSR count). The molecule has 0 spiro atoms. The molecule has 1 aromatic heterocycles. The Bertz CT molecular complexity index is 1050. The van der Waals surface area contributed by atoms with E-state index in [0.29, 0.717) is 22.8 Å². The van der Waals surface area contributed by atoms with Crippen molar-refractivity contribution in [2.75, 3.05) is 5.32 Å². The van der Waals surface area contributed by atoms with Gasteiger partial charge in [0.1, 0.15) is 5.82 Å². The zero-order valence-electron chi connectivity index (χ0n) is 16.8. The summed E-state index contributed by atoms with van der Waals surface area (Å²) in [6.45, 7) is 7.85. The van der Waals surface area contributed by atoms with E-state index in [9.17, 15) is 0 Å². The molecule has 0 fully saturated rings. The smallest absolute Gasteiger partial charge is 0.224 e. The van der Waals surface area contributed by atoms with Crippen LogP contribution < -0.4 is 14.8 Å². The molecule has 152 valence electrons. The quantitative estimate of drug-likeness (QED) is 0.465. The van der Waals surface area contributed by atoms with Crippen molar-refractivity contribution in [3.8, 4) is 23.8 Å². The molecule has 0 aliphatic carbocycles. The fraction of sp³-hybridized carbons (Fsp3) is 0.273. The Morgan fingerprint density at radius 3 is 2.28 bits per heavy atom. The molecule has 0 saturated heterocycles. The number of rotatable bonds is 6. The lowest BCUT2D eigenvalue weighted by Crippen LogP contribution is -2.11. The molecule has 7 heteroatoms. The van der Waals surface area contributed by atoms with Crippen LogP contribution in [0.4, 0.5) is 11.5 Å². The van der Waals surface area contributed by atoms with Crippen molar-refractivity contribution in [1.82, 2.24) is 9.97 Å². The van der Waals surface area contributed by atoms with Crippen molar-refractivity contribution < 1.29 is 14.9 Å². The SMILES string of the molecule is C#Cc1cccc(Nc2nc(Cl)nc3cc(OC(C)C)c(OC(C)C)cc23)c1.O. The van der Waals surface area contributed by atoms with Gasteiger partial charge in [0.05, 0.1) is 17.7 Å². The molecule has 29 heavy (non-hydrogen) atoms. The minimum absolute atomic E-state index is 0. The fourth-order valence-corrected chi connectivity index (χ4v) is 2.89. The lowest BCUT2D eigenvalue weighted by molar-refractivity contribution is 0.199. The normalized spacial score (nSPS) is 10.6. The summed E-state index contributed by atoms with van der Waals surface area (Å²) in [5.41, 5.74) is 2.23. The molecule has 2 aromatic carbocycles. The number of halogens is 1. The minimum atomic E-state index is -0.0103. The maximum Gasteiger partial charge on any atom is 0.224 e. The monoisotopic (exact) mass is 413 g/mol. The van der Waals surface area contributed by atoms with Gasteiger partial charge in [-0.15, -0.1) is 6.42 Å². The number of hydrogen-bond acceptors (Lipinski definition) is 5. The molecule has 3 N–H and O–H groups in total. The lowest BCUT2D eigenvalue weighted by atomic mass is 10.1. The van der Waals surface area contributed by atoms with Crippen LogP contribution in [0.25, 0.3) is 10.9 Å². The fourth-order valence-electron chi connectivity index (χ4n) is 2.72. The Morgan fingerprint density at radius 1 is 1.00 bits per heavy atom. The van der Waals surface area contributed by atoms with Gasteiger partial charge in [-0.2, -0.15) is 4.98 Å². The minimum Gasteiger partial charge on any atom is -0.487 e. The summed E-state index contributed by atoms with van der Waals surface area (Å²) in [4.78, 5) is 8.70. The number of nitrogens with zero attached hydrogens (tertiary/aromatic N) is 2. The van der Waals surface area contributed by atoms with Crippen molar-refractivity contribution >= 4 is 34.0 Å². The van der Waals surface area contributed by atoms with Crippen LogP contribution in [-0.2, 0) is 0 Å². The van der Waals surface area contributed by atoms with Gasteiger partial charge in [0.15, 0.2) is 11.5 Å². The summed E-state index contributed by atoms with van der Waals surface area (Å²) in [7, 11) is 0. The van der Waals surface area contributed by atoms with Gasteiger partial charge in [0.2, 0.25) is 5.28 Å². The Kier molecular flexibility index (Phi) is 7.27. The van der Waals surface area contributed by atoms with Crippen molar-refractivity contribution in [3.63, 3.8) is 0 Å². The van der Waals surface area contributed by atoms with Gasteiger partial charge in [-0.25, -0.2) is 4.98 Å². The highest BCUT2D eigenvalue weighted by Gasteiger charge is 2.16. The van der Waals surface area contributed by atoms with Crippen LogP contribution in [-0.4, -0.2) is 27.7 Å². The number of hydrogen-bond donors (Lipinski definition) is 1. The van der Waals surface area contributed by atoms with Gasteiger partial charge >= 0.3 is 0 Å². The second-order valence-electron chi connectivity index (χ2n) is 6.84. The van der Waals surface area contributed by atoms with E-state index < -0.39 is 0 Å². The first-order valence-corrected chi connectivity index (χ1v) is 9.42. The second kappa shape index (κ2) is 9.46. The Balaban J connectivity index is 0.00000300. The third kappa shape index (κ3) is 5.50. The molecular formula is C22H24ClN3O3. The number of aromatic nitrogens is 2. The van der Waals surface area contributed by atoms with Crippen molar-refractivity contribution in [1.29, 1.82) is 0 Å². The van der Waals surface area contributed by atoms with E-state index in [1.807, 2.05) is 64.1 Å². The largest absolute Gasteiger partial charge is 0.487 e. The molecule has 0 saturated carbocycles. The van der Waals surface area contributed by atoms with Crippen LogP contribution in [0.15, 0.2) is 36.4 Å². The van der Waals surface area contributed by atoms with Crippen LogP contribution in [0, 0.1) is 12.3 Å². The summed E-state index contributed by atoms with van der Waals surface area (Å²) in [5, 5.41) is 4.18. The molecule has 0 unspecified atom stereocenters. The zero-order valence-corrected chi connectivity index (χ0v) is 17.5. The van der Waals surface area contributed by atoms with E-state index in [2.05, 4.69) is 21.2 Å². The zero-order chi connectivity index (χ0) is 20.3. The van der Waals surface area contributed by atoms with Gasteiger partial charge in [0, 0.05) is 22.7 Å². The van der Waals surface area contributed by atoms with Crippen molar-refractivity contribution in [3.05, 3.63) is 47.2 Å². The molecule has 3 aromatic rings. The Morgan fingerprint density at radius 2 is 1.66 bits per heavy atom. The van der Waals surface area contributed by atoms with E-state index in [1.54, 1.807) is 0 Å². The average Bonchev–Trinajstić information content (AvgIpc) is 2.62. The highest BCUT2D eigenvalue weighted by Crippen LogP contribution is 2.37. The van der Waals surface area contributed by atoms with E-state index >= 15 is 0 Å². The first kappa shape index (κ1) is 22.3. The van der Waals surface area contributed by atoms with Gasteiger partial charge in [-0.05, 0) is 63.6 Å². The molecule has 0 radical (unpaired) electrons. The first-order chi connectivity index (χ1) is 13.4. The molecule has 0 atom stereocenters. The summed E-state index contributed by atoms with van der Waals surface area (Å²) in [6, 6.07) is 11.2. The van der Waals surface area contributed by atoms with Crippen LogP contribution >= 0.6 is 11.6 Å². The summed E-state index contributed by atoms with van der Waals surface area (Å²) >= 11 is 6.16. The lowest BCUT2D eigenvalue weighted by Gasteiger charge is -2.18. The average molecular weight is 414 g/mol. The van der Waals surface area contributed by atoms with E-state index in [-0.39, 0.29) is 23.0 Å². The molecular weight excluding hydrogens is 390 g/mol. The second-order valence-corrected chi connectivity index (χ2v) is 7.18. The van der Waals surface area contributed by atoms with Gasteiger partial charge in [-0.1, -0.05) is 12.0 Å². The number of anilines is 2. The number of nitrogens with one attached hydrogen (secondary N) is 1. The number of ether oxygens (including phenoxy) is 2. The van der Waals surface area contributed by atoms with E-state index in [0.717, 1.165) is 16.6 Å². The Labute approximate surface area is 175 Å². The molecule has 0 aliphatic rings. The molecule has 1 heterocycles. The summed E-state index contributed by atoms with van der Waals surface area (Å²) < 4.78 is 11.9. The molecule has 0 aliphatic heterocycles. The molecule has 6 nitrogen and oxygen atoms in total. The van der Waals surface area contributed by atoms with Crippen molar-refractivity contribution in [2.24, 2.45) is 0 Å². The number of benzene rings is 2. The standard InChI is InChI=1S/C22H22ClN3O2.H2O/c1-6-15-8-7-9-16(10-15)24-21-17-11-19(27-13(2)3)20(28-14(4)5)12-18(17)25-22(23)26-21;/h1,7-14H,2-5H3,(H,24,25,26);1H2. The topological polar surface area (TPSA) is 87.8 Å². The first-order valence-electron chi connectivity index (χ1n) is 9.04. The third-order valence-electron chi connectivity index (χ3n) is 3.75. The van der Waals surface area contributed by atoms with Gasteiger partial charge in [-0.3, -0.25) is 0 Å². The van der Waals surface area contributed by atoms with Crippen LogP contribution in [0.3, 0.4) is 0 Å². The Hall–Kier alpha value is -3.01. The van der Waals surface area contributed by atoms with E-state index in [1.165, 1.54) is 0 Å². The maximum absolute atomic E-state index is 6.16. The van der Waals surface area contributed by atoms with Crippen LogP contribution in [0.2, 0.25) is 5.28 Å². The van der Waals surface area contributed by atoms with Crippen LogP contribution in [0.1, 0.15) is 33.3 Å². The summed E-state index contributed by atoms with van der Waals surface area (Å²) in [6.07, 6.45) is 5.48. The van der Waals surface area contributed by atoms with E-state index in [4.69, 9.17) is 27.5 Å². The van der Waals surface area contributed by atoms with Crippen LogP contribution in [0.5, 0.6) is 11.5 Å². The highest BCUT2D eigenvalue weighted by atomic mass is 35.5. The highest BCUT2D eigenvalue weighted by molar-refractivity contribution is 6.28. The third-order valence-corrected chi connectivity index (χ3v) is 3.92. The predicted octanol–water partition coefficient (Wildman–Crippen LogP) is 4.76. The molecule has 0 bridgehead atoms. The summed E-state index contributed by atoms with van der Waals surface area (Å²) in [5.74, 6) is 4.43. The number of terminal acetylenes is 1. The van der Waals surface area contributed by atoms with Crippen molar-refractivity contribution in [2.45, 2.75) is 39.9 Å². The maximum atomic E-state index is 6.16. The molecule has 0 amide bonds. The number of fused-ring (bicyclic) bond motifs is 1. The predicted molar refractivity (Wildman–Crippen MR) is 117 cm³/mol. The van der Waals surface area contributed by atoms with Gasteiger partial charge < -0.3 is 20.3 Å². The van der Waals surface area contributed by atoms with Gasteiger partial charge in [0.25, 0.3) is 0 Å².